The fourth-order valence-corrected chi connectivity index (χ4v) is 12.6. The van der Waals surface area contributed by atoms with Crippen molar-refractivity contribution in [2.24, 2.45) is 44.6 Å². The Morgan fingerprint density at radius 3 is 1.53 bits per heavy atom. The van der Waals surface area contributed by atoms with Gasteiger partial charge in [0.05, 0.1) is 229 Å². The zero-order valence-electron chi connectivity index (χ0n) is 52.7. The summed E-state index contributed by atoms with van der Waals surface area (Å²) in [5.74, 6) is -1.01. The summed E-state index contributed by atoms with van der Waals surface area (Å²) in [4.78, 5) is 59.4. The van der Waals surface area contributed by atoms with Gasteiger partial charge in [-0.3, -0.25) is 4.79 Å². The van der Waals surface area contributed by atoms with Crippen LogP contribution in [-0.4, -0.2) is 253 Å². The number of allylic oxidation sites excluding steroid dienone is 10. The highest BCUT2D eigenvalue weighted by molar-refractivity contribution is 6.29. The lowest BCUT2D eigenvalue weighted by molar-refractivity contribution is -0.896. The number of hydrogen-bond donors (Lipinski definition) is 2. The molecule has 5 heterocycles. The van der Waals surface area contributed by atoms with Crippen molar-refractivity contribution in [3.05, 3.63) is 91.5 Å². The number of aliphatic imine (C=N–C) groups is 3. The quantitative estimate of drug-likeness (QED) is 0.0667. The van der Waals surface area contributed by atoms with E-state index < -0.39 is 11.9 Å². The molecule has 0 radical (unpaired) electrons. The van der Waals surface area contributed by atoms with Gasteiger partial charge in [0.2, 0.25) is 0 Å². The molecule has 1 saturated heterocycles. The predicted molar refractivity (Wildman–Crippen MR) is 316 cm³/mol. The van der Waals surface area contributed by atoms with Gasteiger partial charge in [0, 0.05) is 47.2 Å². The summed E-state index contributed by atoms with van der Waals surface area (Å²) in [6, 6.07) is 0. The van der Waals surface area contributed by atoms with Crippen LogP contribution in [0.25, 0.3) is 0 Å². The van der Waals surface area contributed by atoms with Crippen LogP contribution in [0, 0.1) is 29.6 Å². The fraction of sp³-hybridized carbons (Fsp3) is 0.645. The molecule has 17 nitrogen and oxygen atoms in total. The van der Waals surface area contributed by atoms with Crippen LogP contribution in [0.1, 0.15) is 53.4 Å². The summed E-state index contributed by atoms with van der Waals surface area (Å²) in [5, 5.41) is 15.6. The van der Waals surface area contributed by atoms with E-state index in [1.54, 1.807) is 6.08 Å². The molecule has 0 spiro atoms. The van der Waals surface area contributed by atoms with Gasteiger partial charge in [0.25, 0.3) is 0 Å². The first-order valence-electron chi connectivity index (χ1n) is 28.5. The van der Waals surface area contributed by atoms with Crippen molar-refractivity contribution in [3.8, 4) is 0 Å². The number of quaternary nitrogens is 6. The molecule has 17 heteroatoms. The lowest BCUT2D eigenvalue weighted by Crippen LogP contribution is -2.48. The van der Waals surface area contributed by atoms with Gasteiger partial charge in [-0.05, 0) is 61.6 Å². The van der Waals surface area contributed by atoms with Crippen LogP contribution in [0.2, 0.25) is 0 Å². The molecule has 2 N–H and O–H groups in total. The van der Waals surface area contributed by atoms with Crippen molar-refractivity contribution in [1.82, 2.24) is 5.32 Å². The van der Waals surface area contributed by atoms with Crippen LogP contribution < -0.4 is 5.32 Å². The number of ether oxygens (including phenoxy) is 3. The van der Waals surface area contributed by atoms with Crippen molar-refractivity contribution in [2.75, 3.05) is 186 Å². The molecule has 2 atom stereocenters. The van der Waals surface area contributed by atoms with Gasteiger partial charge in [0.15, 0.2) is 0 Å². The van der Waals surface area contributed by atoms with E-state index in [-0.39, 0.29) is 67.4 Å². The molecule has 0 aromatic carbocycles. The standard InChI is InChI=1S/C62H100N10O7/c1-23-45-51-28-50-41(4)57-54(73)26-47(60(57)66-50)59-46(24-25-55(74)77-36-42(30-67(5,6)7)31-68(8,9)10)39(2)48(65-59)27-49-40(3)56(61(75)78-37-43(32-69(11,12)13)33-70(14,15)16)52(63-49)29-53(64-51)58(45)62(76)79-38-44(34-71(17,18)19)35-72(20,21)22/h27-29,39,42-44,46H,23-26,30-38H2,1-22H3/q+4/p+2/t39-,46-/m0/s1. The molecule has 0 aromatic rings. The number of fused-ring (bicyclic) bond motifs is 5. The van der Waals surface area contributed by atoms with E-state index in [1.165, 1.54) is 0 Å². The minimum atomic E-state index is -0.502. The second-order valence-corrected chi connectivity index (χ2v) is 29.6. The van der Waals surface area contributed by atoms with Gasteiger partial charge in [0.1, 0.15) is 25.6 Å². The van der Waals surface area contributed by atoms with Crippen LogP contribution in [-0.2, 0) is 28.6 Å². The van der Waals surface area contributed by atoms with E-state index >= 15 is 0 Å². The van der Waals surface area contributed by atoms with Crippen molar-refractivity contribution in [2.45, 2.75) is 53.4 Å². The number of hydrogen-bond acceptors (Lipinski definition) is 11. The summed E-state index contributed by atoms with van der Waals surface area (Å²) in [6.07, 6.45) is 7.05. The number of aliphatic hydroxyl groups is 1. The number of aliphatic hydroxyl groups excluding tert-OH is 1. The van der Waals surface area contributed by atoms with Crippen molar-refractivity contribution in [3.63, 3.8) is 0 Å². The van der Waals surface area contributed by atoms with Gasteiger partial charge in [-0.2, -0.15) is 0 Å². The first-order valence-corrected chi connectivity index (χ1v) is 28.5. The van der Waals surface area contributed by atoms with E-state index in [0.717, 1.165) is 70.8 Å². The number of rotatable bonds is 24. The van der Waals surface area contributed by atoms with Crippen LogP contribution in [0.3, 0.4) is 0 Å². The molecular weight excluding hydrogens is 997 g/mol. The third kappa shape index (κ3) is 16.9. The molecule has 0 aromatic heterocycles. The van der Waals surface area contributed by atoms with Crippen LogP contribution >= 0.6 is 0 Å². The molecule has 8 bridgehead atoms. The summed E-state index contributed by atoms with van der Waals surface area (Å²) in [7, 11) is 38.8. The second kappa shape index (κ2) is 23.7. The minimum absolute atomic E-state index is 0.0644. The molecule has 79 heavy (non-hydrogen) atoms. The summed E-state index contributed by atoms with van der Waals surface area (Å²) >= 11 is 0. The van der Waals surface area contributed by atoms with Gasteiger partial charge in [-0.1, -0.05) is 13.8 Å². The van der Waals surface area contributed by atoms with Crippen LogP contribution in [0.4, 0.5) is 0 Å². The van der Waals surface area contributed by atoms with Gasteiger partial charge >= 0.3 is 17.9 Å². The normalized spacial score (nSPS) is 20.2. The van der Waals surface area contributed by atoms with Crippen LogP contribution in [0.15, 0.2) is 106 Å². The number of carbonyl (C=O) groups excluding carboxylic acids is 3. The summed E-state index contributed by atoms with van der Waals surface area (Å²) < 4.78 is 23.2. The smallest absolute Gasteiger partial charge is 0.340 e. The third-order valence-corrected chi connectivity index (χ3v) is 15.1. The third-order valence-electron chi connectivity index (χ3n) is 15.1. The molecule has 1 aliphatic carbocycles. The van der Waals surface area contributed by atoms with E-state index in [9.17, 15) is 19.5 Å². The number of esters is 3. The van der Waals surface area contributed by atoms with E-state index in [2.05, 4.69) is 139 Å². The van der Waals surface area contributed by atoms with Gasteiger partial charge < -0.3 is 51.5 Å². The zero-order chi connectivity index (χ0) is 59.1. The number of nitrogens with zero attached hydrogens (tertiary/aromatic N) is 9. The molecule has 6 rings (SSSR count). The Morgan fingerprint density at radius 2 is 1.06 bits per heavy atom. The van der Waals surface area contributed by atoms with Gasteiger partial charge in [-0.15, -0.1) is 0 Å². The number of nitrogens with one attached hydrogen (secondary N) is 1. The van der Waals surface area contributed by atoms with Gasteiger partial charge in [-0.25, -0.2) is 24.6 Å². The fourth-order valence-electron chi connectivity index (χ4n) is 12.6. The largest absolute Gasteiger partial charge is 0.511 e. The lowest BCUT2D eigenvalue weighted by Gasteiger charge is -2.33. The molecule has 5 aliphatic heterocycles. The maximum absolute atomic E-state index is 14.9. The SMILES string of the molecule is CCC1=C(C(=O)OCC(C[N+](C)(C)C)C[N+](C)(C)C)C2=NC1=CC1=C(C)C3=C(O)CC(=C4NC(=CC5=NC(=C2)C(C(=O)OCC(C[N+](C)(C)C)C[N+](C)(C)C)=C5C)[C@@H](C)[C@@H]4CCC(=O)OCC(C[N+](C)(C)C)C[N+](C)(C)C)C3=N1. The van der Waals surface area contributed by atoms with E-state index in [4.69, 9.17) is 29.2 Å². The molecule has 436 valence electrons. The Labute approximate surface area is 474 Å². The maximum atomic E-state index is 14.9. The molecule has 0 unspecified atom stereocenters. The van der Waals surface area contributed by atoms with Crippen molar-refractivity contribution >= 4 is 35.0 Å². The Hall–Kier alpha value is -5.30. The monoisotopic (exact) mass is 1100 g/mol. The molecule has 0 saturated carbocycles. The average molecular weight is 1100 g/mol. The van der Waals surface area contributed by atoms with Crippen molar-refractivity contribution < 1.29 is 60.6 Å². The van der Waals surface area contributed by atoms with Crippen molar-refractivity contribution in [1.29, 1.82) is 0 Å². The maximum Gasteiger partial charge on any atom is 0.340 e. The molecule has 1 fully saturated rings. The molecular formula is C62H102N10O7+6. The highest BCUT2D eigenvalue weighted by Crippen LogP contribution is 2.47. The first-order chi connectivity index (χ1) is 36.2. The first kappa shape index (κ1) is 62.9. The zero-order valence-corrected chi connectivity index (χ0v) is 52.7. The highest BCUT2D eigenvalue weighted by atomic mass is 16.5. The predicted octanol–water partition coefficient (Wildman–Crippen LogP) is 6.13. The molecule has 0 amide bonds. The Kier molecular flexibility index (Phi) is 18.8. The average Bonchev–Trinajstić information content (AvgIpc) is 4.15. The Morgan fingerprint density at radius 1 is 0.608 bits per heavy atom. The summed E-state index contributed by atoms with van der Waals surface area (Å²) in [5.41, 5.74) is 9.10. The molecule has 6 aliphatic rings. The second-order valence-electron chi connectivity index (χ2n) is 29.6. The highest BCUT2D eigenvalue weighted by Gasteiger charge is 2.43. The minimum Gasteiger partial charge on any atom is -0.511 e. The van der Waals surface area contributed by atoms with E-state index in [1.807, 2.05) is 32.9 Å². The Bertz CT molecular complexity index is 2740. The lowest BCUT2D eigenvalue weighted by atomic mass is 9.86. The van der Waals surface area contributed by atoms with Crippen LogP contribution in [0.5, 0.6) is 0 Å². The number of carbonyl (C=O) groups is 3. The van der Waals surface area contributed by atoms with E-state index in [0.29, 0.717) is 99.5 Å². The summed E-state index contributed by atoms with van der Waals surface area (Å²) in [6.45, 7) is 13.7. The topological polar surface area (TPSA) is 148 Å². The Balaban J connectivity index is 1.48.